The van der Waals surface area contributed by atoms with Crippen molar-refractivity contribution in [1.82, 2.24) is 19.6 Å². The van der Waals surface area contributed by atoms with Crippen molar-refractivity contribution >= 4 is 28.5 Å². The molecule has 0 bridgehead atoms. The van der Waals surface area contributed by atoms with E-state index in [2.05, 4.69) is 34.5 Å². The van der Waals surface area contributed by atoms with Crippen LogP contribution >= 0.6 is 11.6 Å². The van der Waals surface area contributed by atoms with E-state index in [0.717, 1.165) is 40.6 Å². The molecule has 0 radical (unpaired) electrons. The van der Waals surface area contributed by atoms with Crippen molar-refractivity contribution in [2.75, 3.05) is 13.1 Å². The van der Waals surface area contributed by atoms with Crippen molar-refractivity contribution in [2.45, 2.75) is 59.2 Å². The van der Waals surface area contributed by atoms with E-state index in [1.165, 1.54) is 5.56 Å². The third-order valence-corrected chi connectivity index (χ3v) is 6.67. The summed E-state index contributed by atoms with van der Waals surface area (Å²) in [6, 6.07) is 12.5. The number of rotatable bonds is 5. The summed E-state index contributed by atoms with van der Waals surface area (Å²) in [5.41, 5.74) is 4.74. The molecule has 2 aromatic carbocycles. The van der Waals surface area contributed by atoms with Gasteiger partial charge in [-0.05, 0) is 70.4 Å². The fourth-order valence-electron chi connectivity index (χ4n) is 4.79. The van der Waals surface area contributed by atoms with Crippen LogP contribution < -0.4 is 0 Å². The van der Waals surface area contributed by atoms with Gasteiger partial charge in [0.1, 0.15) is 5.60 Å². The summed E-state index contributed by atoms with van der Waals surface area (Å²) in [4.78, 5) is 19.1. The summed E-state index contributed by atoms with van der Waals surface area (Å²) in [6.07, 6.45) is 2.75. The second kappa shape index (κ2) is 9.37. The van der Waals surface area contributed by atoms with Crippen molar-refractivity contribution in [1.29, 1.82) is 0 Å². The molecule has 2 aromatic heterocycles. The highest BCUT2D eigenvalue weighted by atomic mass is 35.5. The van der Waals surface area contributed by atoms with E-state index < -0.39 is 5.60 Å². The molecule has 0 atom stereocenters. The molecule has 0 saturated carbocycles. The molecule has 36 heavy (non-hydrogen) atoms. The van der Waals surface area contributed by atoms with Crippen LogP contribution in [0.3, 0.4) is 0 Å². The number of carbonyl (C=O) groups is 1. The third-order valence-electron chi connectivity index (χ3n) is 6.37. The average molecular weight is 507 g/mol. The van der Waals surface area contributed by atoms with Gasteiger partial charge in [0.2, 0.25) is 5.82 Å². The maximum atomic E-state index is 12.3. The Morgan fingerprint density at radius 2 is 2.03 bits per heavy atom. The molecular formula is C28H31ClN4O3. The minimum atomic E-state index is -0.484. The zero-order chi connectivity index (χ0) is 25.6. The lowest BCUT2D eigenvalue weighted by molar-refractivity contribution is -0.156. The van der Waals surface area contributed by atoms with E-state index in [4.69, 9.17) is 25.8 Å². The molecular weight excluding hydrogens is 476 g/mol. The molecule has 4 aromatic rings. The van der Waals surface area contributed by atoms with Gasteiger partial charge in [0.25, 0.3) is 5.89 Å². The van der Waals surface area contributed by atoms with Gasteiger partial charge in [-0.2, -0.15) is 4.98 Å². The highest BCUT2D eigenvalue weighted by molar-refractivity contribution is 6.35. The fraction of sp³-hybridized carbons (Fsp3) is 0.393. The topological polar surface area (TPSA) is 73.4 Å². The van der Waals surface area contributed by atoms with Crippen molar-refractivity contribution in [2.24, 2.45) is 0 Å². The van der Waals surface area contributed by atoms with Crippen LogP contribution in [0.15, 0.2) is 47.1 Å². The van der Waals surface area contributed by atoms with Crippen LogP contribution in [0.4, 0.5) is 0 Å². The number of esters is 1. The first kappa shape index (κ1) is 24.5. The summed E-state index contributed by atoms with van der Waals surface area (Å²) >= 11 is 6.52. The molecule has 1 aliphatic heterocycles. The third kappa shape index (κ3) is 4.90. The molecule has 0 unspecified atom stereocenters. The number of aromatic nitrogens is 3. The smallest absolute Gasteiger partial charge is 0.320 e. The maximum absolute atomic E-state index is 12.3. The molecule has 3 heterocycles. The lowest BCUT2D eigenvalue weighted by Crippen LogP contribution is -2.38. The van der Waals surface area contributed by atoms with Crippen LogP contribution in [-0.2, 0) is 22.5 Å². The molecule has 188 valence electrons. The normalized spacial score (nSPS) is 14.4. The van der Waals surface area contributed by atoms with Gasteiger partial charge in [-0.3, -0.25) is 9.69 Å². The van der Waals surface area contributed by atoms with Gasteiger partial charge in [-0.15, -0.1) is 0 Å². The molecule has 0 spiro atoms. The number of hydrogen-bond donors (Lipinski definition) is 0. The van der Waals surface area contributed by atoms with Crippen molar-refractivity contribution in [3.8, 4) is 22.8 Å². The molecule has 5 rings (SSSR count). The summed E-state index contributed by atoms with van der Waals surface area (Å²) in [6.45, 7) is 11.6. The molecule has 0 N–H and O–H groups in total. The van der Waals surface area contributed by atoms with Crippen molar-refractivity contribution in [3.05, 3.63) is 58.7 Å². The highest BCUT2D eigenvalue weighted by Gasteiger charge is 2.25. The number of carbonyl (C=O) groups excluding carboxylic acids is 1. The molecule has 7 nitrogen and oxygen atoms in total. The minimum Gasteiger partial charge on any atom is -0.459 e. The van der Waals surface area contributed by atoms with Gasteiger partial charge in [0.05, 0.1) is 11.6 Å². The zero-order valence-electron chi connectivity index (χ0n) is 21.3. The van der Waals surface area contributed by atoms with Crippen LogP contribution in [0, 0.1) is 0 Å². The van der Waals surface area contributed by atoms with Gasteiger partial charge in [-0.1, -0.05) is 35.0 Å². The van der Waals surface area contributed by atoms with E-state index in [1.54, 1.807) is 0 Å². The Hall–Kier alpha value is -3.16. The molecule has 0 aliphatic carbocycles. The number of hydrogen-bond acceptors (Lipinski definition) is 6. The first-order chi connectivity index (χ1) is 17.1. The van der Waals surface area contributed by atoms with Gasteiger partial charge in [-0.25, -0.2) is 0 Å². The predicted octanol–water partition coefficient (Wildman–Crippen LogP) is 6.29. The summed E-state index contributed by atoms with van der Waals surface area (Å²) in [5.74, 6) is 0.819. The second-order valence-electron chi connectivity index (χ2n) is 10.6. The van der Waals surface area contributed by atoms with E-state index in [1.807, 2.05) is 57.3 Å². The number of ether oxygens (including phenoxy) is 1. The van der Waals surface area contributed by atoms with Crippen LogP contribution in [0.25, 0.3) is 33.7 Å². The molecule has 0 saturated heterocycles. The van der Waals surface area contributed by atoms with Gasteiger partial charge in [0.15, 0.2) is 0 Å². The SMILES string of the molecule is CC(C)n1cc(Cl)c2cc(-c3nc(-c4cccc5c4CCN(CC(=O)OC(C)(C)C)C5)no3)ccc21. The fourth-order valence-corrected chi connectivity index (χ4v) is 5.05. The van der Waals surface area contributed by atoms with Gasteiger partial charge >= 0.3 is 5.97 Å². The summed E-state index contributed by atoms with van der Waals surface area (Å²) < 4.78 is 13.3. The van der Waals surface area contributed by atoms with Gasteiger partial charge in [0, 0.05) is 47.4 Å². The Morgan fingerprint density at radius 3 is 2.78 bits per heavy atom. The van der Waals surface area contributed by atoms with Crippen LogP contribution in [-0.4, -0.2) is 44.3 Å². The summed E-state index contributed by atoms with van der Waals surface area (Å²) in [5, 5.41) is 5.97. The molecule has 0 amide bonds. The Bertz CT molecular complexity index is 1430. The Morgan fingerprint density at radius 1 is 1.22 bits per heavy atom. The second-order valence-corrected chi connectivity index (χ2v) is 11.0. The Labute approximate surface area is 216 Å². The minimum absolute atomic E-state index is 0.203. The lowest BCUT2D eigenvalue weighted by Gasteiger charge is -2.30. The van der Waals surface area contributed by atoms with E-state index in [0.29, 0.717) is 29.3 Å². The lowest BCUT2D eigenvalue weighted by atomic mass is 9.94. The standard InChI is InChI=1S/C28H31ClN4O3/c1-17(2)33-15-23(29)22-13-18(9-10-24(22)33)27-30-26(31-36-27)21-8-6-7-19-14-32(12-11-20(19)21)16-25(34)35-28(3,4)5/h6-10,13,15,17H,11-12,14,16H2,1-5H3. The average Bonchev–Trinajstić information content (AvgIpc) is 3.42. The first-order valence-electron chi connectivity index (χ1n) is 12.3. The number of nitrogens with zero attached hydrogens (tertiary/aromatic N) is 4. The summed E-state index contributed by atoms with van der Waals surface area (Å²) in [7, 11) is 0. The molecule has 8 heteroatoms. The van der Waals surface area contributed by atoms with Gasteiger partial charge < -0.3 is 13.8 Å². The van der Waals surface area contributed by atoms with E-state index in [9.17, 15) is 4.79 Å². The van der Waals surface area contributed by atoms with Crippen LogP contribution in [0.5, 0.6) is 0 Å². The number of halogens is 1. The van der Waals surface area contributed by atoms with Crippen LogP contribution in [0.2, 0.25) is 5.02 Å². The van der Waals surface area contributed by atoms with Crippen LogP contribution in [0.1, 0.15) is 51.8 Å². The monoisotopic (exact) mass is 506 g/mol. The largest absolute Gasteiger partial charge is 0.459 e. The Kier molecular flexibility index (Phi) is 6.39. The predicted molar refractivity (Wildman–Crippen MR) is 141 cm³/mol. The Balaban J connectivity index is 1.38. The van der Waals surface area contributed by atoms with E-state index in [-0.39, 0.29) is 12.5 Å². The highest BCUT2D eigenvalue weighted by Crippen LogP contribution is 2.34. The maximum Gasteiger partial charge on any atom is 0.320 e. The van der Waals surface area contributed by atoms with Crippen molar-refractivity contribution < 1.29 is 14.1 Å². The quantitative estimate of drug-likeness (QED) is 0.296. The van der Waals surface area contributed by atoms with E-state index >= 15 is 0 Å². The number of benzene rings is 2. The first-order valence-corrected chi connectivity index (χ1v) is 12.7. The molecule has 1 aliphatic rings. The number of fused-ring (bicyclic) bond motifs is 2. The molecule has 0 fully saturated rings. The zero-order valence-corrected chi connectivity index (χ0v) is 22.1. The van der Waals surface area contributed by atoms with Crippen molar-refractivity contribution in [3.63, 3.8) is 0 Å².